The van der Waals surface area contributed by atoms with E-state index in [0.717, 1.165) is 52.4 Å². The average Bonchev–Trinajstić information content (AvgIpc) is 3.25. The second-order valence-electron chi connectivity index (χ2n) is 9.52. The summed E-state index contributed by atoms with van der Waals surface area (Å²) in [6.45, 7) is 8.56. The highest BCUT2D eigenvalue weighted by Gasteiger charge is 2.28. The van der Waals surface area contributed by atoms with Crippen molar-refractivity contribution in [1.29, 1.82) is 0 Å². The van der Waals surface area contributed by atoms with Crippen LogP contribution in [0.25, 0.3) is 20.2 Å². The lowest BCUT2D eigenvalue weighted by Crippen LogP contribution is -2.52. The molecular weight excluding hydrogens is 428 g/mol. The number of nitrogens with zero attached hydrogens (tertiary/aromatic N) is 6. The summed E-state index contributed by atoms with van der Waals surface area (Å²) < 4.78 is 2.72. The van der Waals surface area contributed by atoms with Crippen LogP contribution in [0.1, 0.15) is 25.7 Å². The molecule has 0 saturated carbocycles. The molecule has 1 aromatic heterocycles. The van der Waals surface area contributed by atoms with Gasteiger partial charge in [0.25, 0.3) is 0 Å². The summed E-state index contributed by atoms with van der Waals surface area (Å²) in [6.07, 6.45) is 4.74. The molecule has 0 aliphatic carbocycles. The van der Waals surface area contributed by atoms with Crippen LogP contribution in [0.3, 0.4) is 0 Å². The number of fused-ring (bicyclic) bond motifs is 5. The predicted molar refractivity (Wildman–Crippen MR) is 140 cm³/mol. The third-order valence-electron chi connectivity index (χ3n) is 7.41. The molecule has 33 heavy (non-hydrogen) atoms. The summed E-state index contributed by atoms with van der Waals surface area (Å²) in [5, 5.41) is 2.73. The maximum absolute atomic E-state index is 4.90. The first-order valence-electron chi connectivity index (χ1n) is 12.5. The van der Waals surface area contributed by atoms with Crippen molar-refractivity contribution in [3.05, 3.63) is 36.4 Å². The average molecular weight is 459 g/mol. The number of hydrogen-bond acceptors (Lipinski definition) is 7. The van der Waals surface area contributed by atoms with E-state index >= 15 is 0 Å². The molecule has 2 aromatic carbocycles. The topological polar surface area (TPSA) is 37.7 Å². The molecule has 5 heterocycles. The molecule has 0 radical (unpaired) electrons. The Kier molecular flexibility index (Phi) is 4.71. The van der Waals surface area contributed by atoms with E-state index in [0.29, 0.717) is 0 Å². The van der Waals surface area contributed by atoms with Crippen LogP contribution in [0.5, 0.6) is 0 Å². The van der Waals surface area contributed by atoms with E-state index in [4.69, 9.17) is 9.98 Å². The van der Waals surface area contributed by atoms with Crippen molar-refractivity contribution in [3.63, 3.8) is 0 Å². The lowest BCUT2D eigenvalue weighted by Gasteiger charge is -2.41. The van der Waals surface area contributed by atoms with Crippen LogP contribution in [0.4, 0.5) is 11.4 Å². The zero-order valence-corrected chi connectivity index (χ0v) is 19.9. The molecule has 0 amide bonds. The first-order chi connectivity index (χ1) is 16.3. The fourth-order valence-corrected chi connectivity index (χ4v) is 6.90. The third-order valence-corrected chi connectivity index (χ3v) is 8.56. The fourth-order valence-electron chi connectivity index (χ4n) is 5.83. The quantitative estimate of drug-likeness (QED) is 0.563. The molecule has 2 saturated heterocycles. The Labute approximate surface area is 198 Å². The van der Waals surface area contributed by atoms with E-state index in [2.05, 4.69) is 56.0 Å². The van der Waals surface area contributed by atoms with Gasteiger partial charge in [-0.2, -0.15) is 0 Å². The summed E-state index contributed by atoms with van der Waals surface area (Å²) in [7, 11) is 0. The van der Waals surface area contributed by atoms with Crippen LogP contribution < -0.4 is 9.80 Å². The Morgan fingerprint density at radius 1 is 0.576 bits per heavy atom. The molecule has 4 aliphatic heterocycles. The Balaban J connectivity index is 1.30. The van der Waals surface area contributed by atoms with Crippen LogP contribution in [-0.4, -0.2) is 74.1 Å². The van der Waals surface area contributed by atoms with Crippen LogP contribution in [0, 0.1) is 0 Å². The molecule has 0 bridgehead atoms. The Hall–Kier alpha value is -2.80. The normalized spacial score (nSPS) is 21.2. The van der Waals surface area contributed by atoms with Gasteiger partial charge in [-0.3, -0.25) is 9.98 Å². The van der Waals surface area contributed by atoms with Gasteiger partial charge in [-0.15, -0.1) is 11.3 Å². The van der Waals surface area contributed by atoms with Gasteiger partial charge in [0.2, 0.25) is 11.9 Å². The monoisotopic (exact) mass is 458 g/mol. The van der Waals surface area contributed by atoms with E-state index in [9.17, 15) is 0 Å². The Morgan fingerprint density at radius 3 is 1.58 bits per heavy atom. The molecule has 6 nitrogen and oxygen atoms in total. The molecule has 0 N–H and O–H groups in total. The fraction of sp³-hybridized carbons (Fsp3) is 0.462. The maximum Gasteiger partial charge on any atom is 0.201 e. The summed E-state index contributed by atoms with van der Waals surface area (Å²) in [4.78, 5) is 19.6. The molecule has 7 heteroatoms. The summed E-state index contributed by atoms with van der Waals surface area (Å²) in [6, 6.07) is 14.0. The van der Waals surface area contributed by atoms with Crippen molar-refractivity contribution >= 4 is 54.8 Å². The number of rotatable bonds is 2. The van der Waals surface area contributed by atoms with Gasteiger partial charge in [-0.1, -0.05) is 0 Å². The molecule has 2 fully saturated rings. The largest absolute Gasteiger partial charge is 0.342 e. The van der Waals surface area contributed by atoms with E-state index in [1.54, 1.807) is 0 Å². The first kappa shape index (κ1) is 19.6. The number of guanidine groups is 2. The molecule has 7 rings (SSSR count). The Bertz CT molecular complexity index is 1180. The van der Waals surface area contributed by atoms with Crippen molar-refractivity contribution in [2.24, 2.45) is 9.98 Å². The second kappa shape index (κ2) is 7.90. The van der Waals surface area contributed by atoms with Crippen molar-refractivity contribution in [1.82, 2.24) is 9.80 Å². The van der Waals surface area contributed by atoms with E-state index < -0.39 is 0 Å². The second-order valence-corrected chi connectivity index (χ2v) is 10.6. The number of benzene rings is 2. The van der Waals surface area contributed by atoms with Crippen LogP contribution in [0.2, 0.25) is 0 Å². The lowest BCUT2D eigenvalue weighted by molar-refractivity contribution is 0.360. The maximum atomic E-state index is 4.90. The van der Waals surface area contributed by atoms with Gasteiger partial charge in [0, 0.05) is 83.9 Å². The number of hydrogen-bond donors (Lipinski definition) is 0. The highest BCUT2D eigenvalue weighted by Crippen LogP contribution is 2.39. The smallest absolute Gasteiger partial charge is 0.201 e. The van der Waals surface area contributed by atoms with Gasteiger partial charge in [0.15, 0.2) is 0 Å². The molecule has 0 spiro atoms. The minimum absolute atomic E-state index is 0.950. The van der Waals surface area contributed by atoms with Gasteiger partial charge < -0.3 is 19.6 Å². The van der Waals surface area contributed by atoms with Crippen molar-refractivity contribution in [2.45, 2.75) is 25.7 Å². The summed E-state index contributed by atoms with van der Waals surface area (Å²) in [5.74, 6) is 2.35. The van der Waals surface area contributed by atoms with Crippen LogP contribution in [-0.2, 0) is 0 Å². The minimum Gasteiger partial charge on any atom is -0.342 e. The van der Waals surface area contributed by atoms with Crippen molar-refractivity contribution in [3.8, 4) is 0 Å². The molecule has 0 unspecified atom stereocenters. The van der Waals surface area contributed by atoms with E-state index in [1.165, 1.54) is 69.1 Å². The van der Waals surface area contributed by atoms with Gasteiger partial charge in [0.05, 0.1) is 0 Å². The minimum atomic E-state index is 0.950. The number of anilines is 2. The lowest BCUT2D eigenvalue weighted by atomic mass is 10.1. The molecular formula is C26H30N6S. The number of aliphatic imine (C=N–C) groups is 2. The highest BCUT2D eigenvalue weighted by molar-refractivity contribution is 7.25. The zero-order valence-electron chi connectivity index (χ0n) is 19.0. The predicted octanol–water partition coefficient (Wildman–Crippen LogP) is 4.60. The van der Waals surface area contributed by atoms with Crippen molar-refractivity contribution < 1.29 is 0 Å². The first-order valence-corrected chi connectivity index (χ1v) is 13.3. The SMILES string of the molecule is c1cc2sc3ccc(N4CCCN5CCCN=C54)cc3c2cc1N1CCCN2CCCN=C21. The van der Waals surface area contributed by atoms with Crippen LogP contribution in [0.15, 0.2) is 46.4 Å². The number of thiophene rings is 1. The molecule has 4 aliphatic rings. The van der Waals surface area contributed by atoms with Crippen molar-refractivity contribution in [2.75, 3.05) is 62.2 Å². The van der Waals surface area contributed by atoms with Gasteiger partial charge >= 0.3 is 0 Å². The molecule has 0 atom stereocenters. The van der Waals surface area contributed by atoms with Gasteiger partial charge in [-0.05, 0) is 62.1 Å². The zero-order chi connectivity index (χ0) is 21.8. The summed E-state index contributed by atoms with van der Waals surface area (Å²) >= 11 is 1.90. The molecule has 3 aromatic rings. The highest BCUT2D eigenvalue weighted by atomic mass is 32.1. The van der Waals surface area contributed by atoms with E-state index in [-0.39, 0.29) is 0 Å². The van der Waals surface area contributed by atoms with Gasteiger partial charge in [0.1, 0.15) is 0 Å². The van der Waals surface area contributed by atoms with E-state index in [1.807, 2.05) is 11.3 Å². The van der Waals surface area contributed by atoms with Gasteiger partial charge in [-0.25, -0.2) is 0 Å². The summed E-state index contributed by atoms with van der Waals surface area (Å²) in [5.41, 5.74) is 2.55. The standard InChI is InChI=1S/C26H30N6S/c1-9-27-25-29(11-1)13-3-15-31(25)19-5-7-23-21(17-19)22-18-20(6-8-24(22)33-23)32-16-4-14-30-12-2-10-28-26(30)32/h5-8,17-18H,1-4,9-16H2. The van der Waals surface area contributed by atoms with Crippen LogP contribution >= 0.6 is 11.3 Å². The third kappa shape index (κ3) is 3.28. The molecule has 170 valence electrons. The Morgan fingerprint density at radius 2 is 1.06 bits per heavy atom.